The van der Waals surface area contributed by atoms with Crippen molar-refractivity contribution in [2.75, 3.05) is 22.9 Å². The van der Waals surface area contributed by atoms with E-state index in [9.17, 15) is 17.6 Å². The van der Waals surface area contributed by atoms with Crippen LogP contribution < -0.4 is 9.62 Å². The van der Waals surface area contributed by atoms with Gasteiger partial charge in [-0.2, -0.15) is 0 Å². The molecule has 0 aliphatic carbocycles. The fourth-order valence-corrected chi connectivity index (χ4v) is 4.39. The predicted molar refractivity (Wildman–Crippen MR) is 103 cm³/mol. The van der Waals surface area contributed by atoms with Gasteiger partial charge in [0.25, 0.3) is 0 Å². The van der Waals surface area contributed by atoms with E-state index >= 15 is 0 Å². The maximum Gasteiger partial charge on any atom is 0.243 e. The van der Waals surface area contributed by atoms with E-state index in [0.29, 0.717) is 12.3 Å². The third-order valence-electron chi connectivity index (χ3n) is 3.56. The minimum atomic E-state index is -3.75. The molecule has 2 rings (SSSR count). The topological polar surface area (TPSA) is 66.5 Å². The van der Waals surface area contributed by atoms with Gasteiger partial charge in [0.1, 0.15) is 11.9 Å². The second-order valence-electron chi connectivity index (χ2n) is 5.67. The van der Waals surface area contributed by atoms with Crippen LogP contribution in [-0.2, 0) is 14.8 Å². The van der Waals surface area contributed by atoms with Crippen LogP contribution in [-0.4, -0.2) is 38.9 Å². The summed E-state index contributed by atoms with van der Waals surface area (Å²) in [4.78, 5) is 13.5. The van der Waals surface area contributed by atoms with Crippen LogP contribution in [0.3, 0.4) is 0 Å². The van der Waals surface area contributed by atoms with Crippen molar-refractivity contribution in [3.8, 4) is 0 Å². The maximum absolute atomic E-state index is 13.5. The number of halogens is 1. The highest BCUT2D eigenvalue weighted by atomic mass is 32.2. The van der Waals surface area contributed by atoms with Crippen LogP contribution in [0, 0.1) is 5.82 Å². The molecule has 140 valence electrons. The van der Waals surface area contributed by atoms with Crippen molar-refractivity contribution in [3.05, 3.63) is 60.4 Å². The van der Waals surface area contributed by atoms with E-state index in [-0.39, 0.29) is 5.69 Å². The molecule has 0 fully saturated rings. The SMILES string of the molecule is CC(C(=O)NCCSc1ccccc1)N(c1cccc(F)c1)S(C)(=O)=O. The maximum atomic E-state index is 13.5. The summed E-state index contributed by atoms with van der Waals surface area (Å²) >= 11 is 1.59. The van der Waals surface area contributed by atoms with Crippen molar-refractivity contribution in [3.63, 3.8) is 0 Å². The van der Waals surface area contributed by atoms with E-state index in [1.807, 2.05) is 30.3 Å². The van der Waals surface area contributed by atoms with Gasteiger partial charge in [0.15, 0.2) is 0 Å². The largest absolute Gasteiger partial charge is 0.353 e. The number of benzene rings is 2. The second kappa shape index (κ2) is 9.05. The molecule has 0 saturated heterocycles. The van der Waals surface area contributed by atoms with Crippen LogP contribution in [0.5, 0.6) is 0 Å². The van der Waals surface area contributed by atoms with Gasteiger partial charge in [0.2, 0.25) is 15.9 Å². The molecule has 5 nitrogen and oxygen atoms in total. The van der Waals surface area contributed by atoms with Crippen LogP contribution in [0.2, 0.25) is 0 Å². The summed E-state index contributed by atoms with van der Waals surface area (Å²) < 4.78 is 38.6. The minimum Gasteiger partial charge on any atom is -0.353 e. The van der Waals surface area contributed by atoms with Gasteiger partial charge in [-0.3, -0.25) is 9.10 Å². The molecule has 1 N–H and O–H groups in total. The molecule has 1 unspecified atom stereocenters. The van der Waals surface area contributed by atoms with E-state index < -0.39 is 27.8 Å². The summed E-state index contributed by atoms with van der Waals surface area (Å²) in [6.07, 6.45) is 0.993. The molecule has 0 radical (unpaired) electrons. The summed E-state index contributed by atoms with van der Waals surface area (Å²) in [6.45, 7) is 1.87. The van der Waals surface area contributed by atoms with Gasteiger partial charge in [0.05, 0.1) is 11.9 Å². The molecule has 2 aromatic carbocycles. The minimum absolute atomic E-state index is 0.119. The molecule has 1 atom stereocenters. The average molecular weight is 397 g/mol. The smallest absolute Gasteiger partial charge is 0.243 e. The Morgan fingerprint density at radius 3 is 2.50 bits per heavy atom. The quantitative estimate of drug-likeness (QED) is 0.550. The normalized spacial score (nSPS) is 12.4. The standard InChI is InChI=1S/C18H21FN2O3S2/c1-14(18(22)20-11-12-25-17-9-4-3-5-10-17)21(26(2,23)24)16-8-6-7-15(19)13-16/h3-10,13-14H,11-12H2,1-2H3,(H,20,22). The number of nitrogens with zero attached hydrogens (tertiary/aromatic N) is 1. The van der Waals surface area contributed by atoms with Gasteiger partial charge in [0, 0.05) is 17.2 Å². The fraction of sp³-hybridized carbons (Fsp3) is 0.278. The number of rotatable bonds is 8. The summed E-state index contributed by atoms with van der Waals surface area (Å²) in [5.74, 6) is -0.349. The molecule has 0 aliphatic heterocycles. The van der Waals surface area contributed by atoms with E-state index in [0.717, 1.165) is 21.5 Å². The first-order valence-corrected chi connectivity index (χ1v) is 10.8. The van der Waals surface area contributed by atoms with Crippen molar-refractivity contribution in [2.24, 2.45) is 0 Å². The number of amides is 1. The molecule has 0 aliphatic rings. The number of hydrogen-bond acceptors (Lipinski definition) is 4. The lowest BCUT2D eigenvalue weighted by Gasteiger charge is -2.28. The van der Waals surface area contributed by atoms with Gasteiger partial charge in [-0.1, -0.05) is 24.3 Å². The van der Waals surface area contributed by atoms with E-state index in [2.05, 4.69) is 5.32 Å². The summed E-state index contributed by atoms with van der Waals surface area (Å²) in [7, 11) is -3.75. The summed E-state index contributed by atoms with van der Waals surface area (Å²) in [5.41, 5.74) is 0.119. The van der Waals surface area contributed by atoms with Crippen LogP contribution in [0.1, 0.15) is 6.92 Å². The zero-order chi connectivity index (χ0) is 19.2. The average Bonchev–Trinajstić information content (AvgIpc) is 2.58. The third-order valence-corrected chi connectivity index (χ3v) is 5.82. The van der Waals surface area contributed by atoms with Crippen LogP contribution >= 0.6 is 11.8 Å². The van der Waals surface area contributed by atoms with Crippen molar-refractivity contribution in [1.82, 2.24) is 5.32 Å². The first-order valence-electron chi connectivity index (χ1n) is 7.99. The highest BCUT2D eigenvalue weighted by Crippen LogP contribution is 2.22. The van der Waals surface area contributed by atoms with Crippen LogP contribution in [0.25, 0.3) is 0 Å². The van der Waals surface area contributed by atoms with Crippen molar-refractivity contribution in [1.29, 1.82) is 0 Å². The van der Waals surface area contributed by atoms with Gasteiger partial charge in [-0.15, -0.1) is 11.8 Å². The molecule has 1 amide bonds. The summed E-state index contributed by atoms with van der Waals surface area (Å²) in [6, 6.07) is 13.9. The molecule has 8 heteroatoms. The first kappa shape index (κ1) is 20.3. The molecule has 2 aromatic rings. The molecular weight excluding hydrogens is 375 g/mol. The van der Waals surface area contributed by atoms with E-state index in [1.165, 1.54) is 25.1 Å². The Balaban J connectivity index is 1.99. The number of nitrogens with one attached hydrogen (secondary N) is 1. The van der Waals surface area contributed by atoms with E-state index in [1.54, 1.807) is 11.8 Å². The number of thioether (sulfide) groups is 1. The fourth-order valence-electron chi connectivity index (χ4n) is 2.43. The monoisotopic (exact) mass is 396 g/mol. The third kappa shape index (κ3) is 5.74. The summed E-state index contributed by atoms with van der Waals surface area (Å²) in [5, 5.41) is 2.73. The Morgan fingerprint density at radius 1 is 1.19 bits per heavy atom. The first-order chi connectivity index (χ1) is 12.3. The highest BCUT2D eigenvalue weighted by molar-refractivity contribution is 7.99. The van der Waals surface area contributed by atoms with Crippen LogP contribution in [0.4, 0.5) is 10.1 Å². The number of anilines is 1. The van der Waals surface area contributed by atoms with Crippen molar-refractivity contribution >= 4 is 33.4 Å². The lowest BCUT2D eigenvalue weighted by atomic mass is 10.2. The lowest BCUT2D eigenvalue weighted by molar-refractivity contribution is -0.121. The van der Waals surface area contributed by atoms with Gasteiger partial charge >= 0.3 is 0 Å². The Hall–Kier alpha value is -2.06. The number of carbonyl (C=O) groups is 1. The second-order valence-corrected chi connectivity index (χ2v) is 8.69. The zero-order valence-electron chi connectivity index (χ0n) is 14.6. The van der Waals surface area contributed by atoms with E-state index in [4.69, 9.17) is 0 Å². The number of sulfonamides is 1. The van der Waals surface area contributed by atoms with Crippen LogP contribution in [0.15, 0.2) is 59.5 Å². The van der Waals surface area contributed by atoms with Gasteiger partial charge in [-0.25, -0.2) is 12.8 Å². The van der Waals surface area contributed by atoms with Crippen molar-refractivity contribution in [2.45, 2.75) is 17.9 Å². The Morgan fingerprint density at radius 2 is 1.88 bits per heavy atom. The van der Waals surface area contributed by atoms with Crippen molar-refractivity contribution < 1.29 is 17.6 Å². The Labute approximate surface area is 157 Å². The molecule has 0 saturated carbocycles. The zero-order valence-corrected chi connectivity index (χ0v) is 16.2. The number of hydrogen-bond donors (Lipinski definition) is 1. The molecule has 0 spiro atoms. The Bertz CT molecular complexity index is 845. The van der Waals surface area contributed by atoms with Gasteiger partial charge in [-0.05, 0) is 37.3 Å². The van der Waals surface area contributed by atoms with Gasteiger partial charge < -0.3 is 5.32 Å². The molecule has 0 bridgehead atoms. The lowest BCUT2D eigenvalue weighted by Crippen LogP contribution is -2.48. The molecule has 26 heavy (non-hydrogen) atoms. The number of carbonyl (C=O) groups excluding carboxylic acids is 1. The predicted octanol–water partition coefficient (Wildman–Crippen LogP) is 2.89. The molecule has 0 heterocycles. The highest BCUT2D eigenvalue weighted by Gasteiger charge is 2.29. The Kier molecular flexibility index (Phi) is 7.05. The molecule has 0 aromatic heterocycles. The molecular formula is C18H21FN2O3S2.